The number of thiophene rings is 1. The number of anilines is 1. The second kappa shape index (κ2) is 8.59. The fraction of sp³-hybridized carbons (Fsp3) is 0.105. The number of carbonyl (C=O) groups excluding carboxylic acids is 1. The van der Waals surface area contributed by atoms with Crippen LogP contribution in [0, 0.1) is 5.82 Å². The van der Waals surface area contributed by atoms with E-state index in [-0.39, 0.29) is 24.1 Å². The van der Waals surface area contributed by atoms with Crippen molar-refractivity contribution in [3.8, 4) is 11.5 Å². The first-order chi connectivity index (χ1) is 13.0. The molecule has 1 heterocycles. The van der Waals surface area contributed by atoms with Crippen LogP contribution in [0.3, 0.4) is 0 Å². The molecule has 4 nitrogen and oxygen atoms in total. The SMILES string of the molecule is O=C(Nc1ccc(OC(F)F)cc1)c1cc(COc2cccc(F)c2)cs1. The summed E-state index contributed by atoms with van der Waals surface area (Å²) in [6.07, 6.45) is 0. The Bertz CT molecular complexity index is 913. The van der Waals surface area contributed by atoms with Gasteiger partial charge in [0.25, 0.3) is 5.91 Å². The van der Waals surface area contributed by atoms with Crippen LogP contribution in [0.2, 0.25) is 0 Å². The van der Waals surface area contributed by atoms with Gasteiger partial charge in [-0.3, -0.25) is 4.79 Å². The van der Waals surface area contributed by atoms with Crippen molar-refractivity contribution in [2.45, 2.75) is 13.2 Å². The minimum atomic E-state index is -2.90. The zero-order valence-electron chi connectivity index (χ0n) is 13.8. The summed E-state index contributed by atoms with van der Waals surface area (Å²) in [5.74, 6) is -0.309. The van der Waals surface area contributed by atoms with Gasteiger partial charge < -0.3 is 14.8 Å². The van der Waals surface area contributed by atoms with Gasteiger partial charge in [0.05, 0.1) is 4.88 Å². The van der Waals surface area contributed by atoms with Gasteiger partial charge in [0.1, 0.15) is 23.9 Å². The topological polar surface area (TPSA) is 47.6 Å². The van der Waals surface area contributed by atoms with Gasteiger partial charge in [-0.2, -0.15) is 8.78 Å². The lowest BCUT2D eigenvalue weighted by Gasteiger charge is -2.06. The summed E-state index contributed by atoms with van der Waals surface area (Å²) in [5, 5.41) is 4.44. The number of nitrogens with one attached hydrogen (secondary N) is 1. The van der Waals surface area contributed by atoms with Crippen LogP contribution in [-0.4, -0.2) is 12.5 Å². The average molecular weight is 393 g/mol. The van der Waals surface area contributed by atoms with E-state index in [2.05, 4.69) is 10.1 Å². The summed E-state index contributed by atoms with van der Waals surface area (Å²) < 4.78 is 47.1. The standard InChI is InChI=1S/C19H14F3NO3S/c20-13-2-1-3-16(9-13)25-10-12-8-17(27-11-12)18(24)23-14-4-6-15(7-5-14)26-19(21)22/h1-9,11,19H,10H2,(H,23,24). The third kappa shape index (κ3) is 5.49. The van der Waals surface area contributed by atoms with Crippen LogP contribution in [0.4, 0.5) is 18.9 Å². The summed E-state index contributed by atoms with van der Waals surface area (Å²) in [5.41, 5.74) is 1.22. The zero-order valence-corrected chi connectivity index (χ0v) is 14.6. The predicted molar refractivity (Wildman–Crippen MR) is 96.1 cm³/mol. The number of hydrogen-bond donors (Lipinski definition) is 1. The molecule has 0 radical (unpaired) electrons. The quantitative estimate of drug-likeness (QED) is 0.591. The molecule has 0 aliphatic carbocycles. The van der Waals surface area contributed by atoms with E-state index < -0.39 is 6.61 Å². The maximum absolute atomic E-state index is 13.1. The number of benzene rings is 2. The monoisotopic (exact) mass is 393 g/mol. The molecule has 1 amide bonds. The van der Waals surface area contributed by atoms with Crippen LogP contribution in [0.25, 0.3) is 0 Å². The smallest absolute Gasteiger partial charge is 0.387 e. The molecule has 0 unspecified atom stereocenters. The van der Waals surface area contributed by atoms with Gasteiger partial charge in [0, 0.05) is 17.3 Å². The fourth-order valence-electron chi connectivity index (χ4n) is 2.21. The van der Waals surface area contributed by atoms with Crippen molar-refractivity contribution < 1.29 is 27.4 Å². The second-order valence-corrected chi connectivity index (χ2v) is 6.33. The van der Waals surface area contributed by atoms with Gasteiger partial charge in [-0.05, 0) is 47.8 Å². The van der Waals surface area contributed by atoms with Crippen LogP contribution in [0.5, 0.6) is 11.5 Å². The van der Waals surface area contributed by atoms with Crippen LogP contribution < -0.4 is 14.8 Å². The van der Waals surface area contributed by atoms with E-state index in [4.69, 9.17) is 4.74 Å². The molecular weight excluding hydrogens is 379 g/mol. The third-order valence-corrected chi connectivity index (χ3v) is 4.39. The van der Waals surface area contributed by atoms with Crippen molar-refractivity contribution in [1.29, 1.82) is 0 Å². The molecule has 3 rings (SSSR count). The molecule has 0 saturated carbocycles. The van der Waals surface area contributed by atoms with Crippen LogP contribution in [0.15, 0.2) is 60.0 Å². The van der Waals surface area contributed by atoms with Gasteiger partial charge in [0.2, 0.25) is 0 Å². The Morgan fingerprint density at radius 2 is 1.85 bits per heavy atom. The zero-order chi connectivity index (χ0) is 19.2. The second-order valence-electron chi connectivity index (χ2n) is 5.42. The number of carbonyl (C=O) groups is 1. The molecule has 8 heteroatoms. The van der Waals surface area contributed by atoms with E-state index in [1.165, 1.54) is 47.7 Å². The largest absolute Gasteiger partial charge is 0.489 e. The van der Waals surface area contributed by atoms with Gasteiger partial charge in [0.15, 0.2) is 0 Å². The Labute approximate surface area is 157 Å². The summed E-state index contributed by atoms with van der Waals surface area (Å²) in [6, 6.07) is 13.1. The Balaban J connectivity index is 1.56. The first-order valence-corrected chi connectivity index (χ1v) is 8.69. The van der Waals surface area contributed by atoms with Crippen LogP contribution >= 0.6 is 11.3 Å². The molecule has 0 atom stereocenters. The Morgan fingerprint density at radius 1 is 1.07 bits per heavy atom. The lowest BCUT2D eigenvalue weighted by molar-refractivity contribution is -0.0498. The maximum Gasteiger partial charge on any atom is 0.387 e. The fourth-order valence-corrected chi connectivity index (χ4v) is 3.00. The number of halogens is 3. The Hall–Kier alpha value is -3.00. The van der Waals surface area contributed by atoms with Crippen LogP contribution in [0.1, 0.15) is 15.2 Å². The van der Waals surface area contributed by atoms with Gasteiger partial charge in [-0.15, -0.1) is 11.3 Å². The summed E-state index contributed by atoms with van der Waals surface area (Å²) in [4.78, 5) is 12.7. The maximum atomic E-state index is 13.1. The lowest BCUT2D eigenvalue weighted by atomic mass is 10.3. The predicted octanol–water partition coefficient (Wildman–Crippen LogP) is 5.32. The molecule has 1 N–H and O–H groups in total. The first kappa shape index (κ1) is 18.8. The van der Waals surface area contributed by atoms with Crippen molar-refractivity contribution in [1.82, 2.24) is 0 Å². The minimum absolute atomic E-state index is 0.0101. The molecule has 3 aromatic rings. The van der Waals surface area contributed by atoms with E-state index in [1.807, 2.05) is 0 Å². The Kier molecular flexibility index (Phi) is 5.97. The molecular formula is C19H14F3NO3S. The number of alkyl halides is 2. The minimum Gasteiger partial charge on any atom is -0.489 e. The van der Waals surface area contributed by atoms with E-state index in [1.54, 1.807) is 23.6 Å². The highest BCUT2D eigenvalue weighted by Crippen LogP contribution is 2.21. The number of amides is 1. The highest BCUT2D eigenvalue weighted by molar-refractivity contribution is 7.12. The van der Waals surface area contributed by atoms with Gasteiger partial charge >= 0.3 is 6.61 Å². The van der Waals surface area contributed by atoms with Crippen molar-refractivity contribution >= 4 is 22.9 Å². The number of ether oxygens (including phenoxy) is 2. The first-order valence-electron chi connectivity index (χ1n) is 7.81. The molecule has 140 valence electrons. The molecule has 0 bridgehead atoms. The lowest BCUT2D eigenvalue weighted by Crippen LogP contribution is -2.10. The average Bonchev–Trinajstić information content (AvgIpc) is 3.10. The van der Waals surface area contributed by atoms with Crippen molar-refractivity contribution in [3.63, 3.8) is 0 Å². The van der Waals surface area contributed by atoms with Crippen LogP contribution in [-0.2, 0) is 6.61 Å². The molecule has 0 aliphatic heterocycles. The van der Waals surface area contributed by atoms with Gasteiger partial charge in [-0.1, -0.05) is 6.07 Å². The van der Waals surface area contributed by atoms with Gasteiger partial charge in [-0.25, -0.2) is 4.39 Å². The van der Waals surface area contributed by atoms with Crippen molar-refractivity contribution in [3.05, 3.63) is 76.2 Å². The highest BCUT2D eigenvalue weighted by Gasteiger charge is 2.11. The van der Waals surface area contributed by atoms with Crippen molar-refractivity contribution in [2.75, 3.05) is 5.32 Å². The van der Waals surface area contributed by atoms with E-state index in [0.717, 1.165) is 5.56 Å². The molecule has 0 aliphatic rings. The summed E-state index contributed by atoms with van der Waals surface area (Å²) in [7, 11) is 0. The normalized spacial score (nSPS) is 10.7. The molecule has 0 saturated heterocycles. The molecule has 27 heavy (non-hydrogen) atoms. The number of rotatable bonds is 7. The molecule has 0 spiro atoms. The molecule has 0 fully saturated rings. The third-order valence-electron chi connectivity index (χ3n) is 3.42. The van der Waals surface area contributed by atoms with E-state index in [0.29, 0.717) is 16.3 Å². The van der Waals surface area contributed by atoms with E-state index >= 15 is 0 Å². The summed E-state index contributed by atoms with van der Waals surface area (Å²) in [6.45, 7) is -2.70. The summed E-state index contributed by atoms with van der Waals surface area (Å²) >= 11 is 1.24. The Morgan fingerprint density at radius 3 is 2.56 bits per heavy atom. The molecule has 2 aromatic carbocycles. The highest BCUT2D eigenvalue weighted by atomic mass is 32.1. The van der Waals surface area contributed by atoms with E-state index in [9.17, 15) is 18.0 Å². The molecule has 1 aromatic heterocycles. The number of hydrogen-bond acceptors (Lipinski definition) is 4. The van der Waals surface area contributed by atoms with Crippen molar-refractivity contribution in [2.24, 2.45) is 0 Å².